The van der Waals surface area contributed by atoms with E-state index in [2.05, 4.69) is 16.0 Å². The lowest BCUT2D eigenvalue weighted by Crippen LogP contribution is -2.22. The van der Waals surface area contributed by atoms with E-state index in [1.807, 2.05) is 68.4 Å². The molecule has 0 aromatic heterocycles. The van der Waals surface area contributed by atoms with Crippen molar-refractivity contribution in [3.8, 4) is 11.5 Å². The molecule has 0 saturated heterocycles. The van der Waals surface area contributed by atoms with E-state index in [1.165, 1.54) is 0 Å². The van der Waals surface area contributed by atoms with Gasteiger partial charge in [-0.3, -0.25) is 9.59 Å². The predicted molar refractivity (Wildman–Crippen MR) is 131 cm³/mol. The molecule has 0 heterocycles. The Kier molecular flexibility index (Phi) is 8.71. The number of ether oxygens (including phenoxy) is 2. The summed E-state index contributed by atoms with van der Waals surface area (Å²) < 4.78 is 11.3. The van der Waals surface area contributed by atoms with Crippen LogP contribution in [0.5, 0.6) is 11.5 Å². The number of amides is 2. The van der Waals surface area contributed by atoms with E-state index in [-0.39, 0.29) is 24.3 Å². The lowest BCUT2D eigenvalue weighted by atomic mass is 10.2. The first kappa shape index (κ1) is 23.7. The molecular weight excluding hydrogens is 418 g/mol. The molecule has 2 amide bonds. The monoisotopic (exact) mass is 447 g/mol. The first-order valence-electron chi connectivity index (χ1n) is 10.8. The number of anilines is 3. The molecule has 0 atom stereocenters. The third kappa shape index (κ3) is 8.22. The van der Waals surface area contributed by atoms with Gasteiger partial charge in [0.25, 0.3) is 0 Å². The zero-order chi connectivity index (χ0) is 23.5. The van der Waals surface area contributed by atoms with Crippen molar-refractivity contribution in [1.29, 1.82) is 0 Å². The Morgan fingerprint density at radius 1 is 0.727 bits per heavy atom. The Bertz CT molecular complexity index is 1040. The van der Waals surface area contributed by atoms with Crippen LogP contribution in [-0.4, -0.2) is 31.6 Å². The van der Waals surface area contributed by atoms with Gasteiger partial charge >= 0.3 is 0 Å². The fraction of sp³-hybridized carbons (Fsp3) is 0.231. The van der Waals surface area contributed by atoms with E-state index in [1.54, 1.807) is 24.3 Å². The maximum absolute atomic E-state index is 12.3. The van der Waals surface area contributed by atoms with Gasteiger partial charge in [0.15, 0.2) is 0 Å². The van der Waals surface area contributed by atoms with Crippen molar-refractivity contribution >= 4 is 28.9 Å². The third-order valence-electron chi connectivity index (χ3n) is 4.61. The van der Waals surface area contributed by atoms with Gasteiger partial charge in [0.1, 0.15) is 24.7 Å². The summed E-state index contributed by atoms with van der Waals surface area (Å²) in [5, 5.41) is 8.72. The first-order chi connectivity index (χ1) is 16.0. The van der Waals surface area contributed by atoms with Gasteiger partial charge in [0, 0.05) is 23.0 Å². The number of carbonyl (C=O) groups is 2. The molecule has 0 aliphatic rings. The van der Waals surface area contributed by atoms with Crippen LogP contribution in [0.3, 0.4) is 0 Å². The predicted octanol–water partition coefficient (Wildman–Crippen LogP) is 4.79. The smallest absolute Gasteiger partial charge is 0.243 e. The van der Waals surface area contributed by atoms with Crippen molar-refractivity contribution in [1.82, 2.24) is 0 Å². The van der Waals surface area contributed by atoms with E-state index >= 15 is 0 Å². The fourth-order valence-electron chi connectivity index (χ4n) is 2.85. The molecule has 0 bridgehead atoms. The molecule has 7 nitrogen and oxygen atoms in total. The van der Waals surface area contributed by atoms with Gasteiger partial charge in [-0.25, -0.2) is 0 Å². The van der Waals surface area contributed by atoms with Crippen molar-refractivity contribution < 1.29 is 19.1 Å². The quantitative estimate of drug-likeness (QED) is 0.368. The summed E-state index contributed by atoms with van der Waals surface area (Å²) in [5.41, 5.74) is 2.06. The molecule has 0 saturated carbocycles. The zero-order valence-electron chi connectivity index (χ0n) is 18.8. The second-order valence-corrected chi connectivity index (χ2v) is 7.66. The standard InChI is InChI=1S/C26H29N3O4/c1-19(2)26(31)29-22-8-6-7-21(17-22)28-25(30)18-27-20-11-13-24(14-12-20)33-16-15-32-23-9-4-3-5-10-23/h3-14,17,19,27H,15-16,18H2,1-2H3,(H,28,30)(H,29,31). The van der Waals surface area contributed by atoms with Gasteiger partial charge in [0.2, 0.25) is 11.8 Å². The largest absolute Gasteiger partial charge is 0.490 e. The maximum atomic E-state index is 12.3. The van der Waals surface area contributed by atoms with Crippen LogP contribution in [0.15, 0.2) is 78.9 Å². The van der Waals surface area contributed by atoms with Gasteiger partial charge in [-0.2, -0.15) is 0 Å². The second kappa shape index (κ2) is 12.1. The summed E-state index contributed by atoms with van der Waals surface area (Å²) in [5.74, 6) is 1.15. The number of para-hydroxylation sites is 1. The highest BCUT2D eigenvalue weighted by molar-refractivity contribution is 5.96. The number of hydrogen-bond acceptors (Lipinski definition) is 5. The molecule has 7 heteroatoms. The summed E-state index contributed by atoms with van der Waals surface area (Å²) in [6.07, 6.45) is 0. The molecule has 0 aliphatic carbocycles. The molecule has 3 N–H and O–H groups in total. The highest BCUT2D eigenvalue weighted by Crippen LogP contribution is 2.17. The fourth-order valence-corrected chi connectivity index (χ4v) is 2.85. The van der Waals surface area contributed by atoms with Crippen molar-refractivity contribution in [3.63, 3.8) is 0 Å². The molecule has 33 heavy (non-hydrogen) atoms. The number of rotatable bonds is 11. The Morgan fingerprint density at radius 3 is 1.97 bits per heavy atom. The van der Waals surface area contributed by atoms with Crippen molar-refractivity contribution in [2.24, 2.45) is 5.92 Å². The van der Waals surface area contributed by atoms with Crippen molar-refractivity contribution in [2.45, 2.75) is 13.8 Å². The average Bonchev–Trinajstić information content (AvgIpc) is 2.82. The van der Waals surface area contributed by atoms with Crippen molar-refractivity contribution in [3.05, 3.63) is 78.9 Å². The van der Waals surface area contributed by atoms with Gasteiger partial charge in [-0.15, -0.1) is 0 Å². The zero-order valence-corrected chi connectivity index (χ0v) is 18.8. The lowest BCUT2D eigenvalue weighted by molar-refractivity contribution is -0.119. The topological polar surface area (TPSA) is 88.7 Å². The lowest BCUT2D eigenvalue weighted by Gasteiger charge is -2.11. The van der Waals surface area contributed by atoms with Gasteiger partial charge in [-0.1, -0.05) is 38.1 Å². The Labute approximate surface area is 194 Å². The number of hydrogen-bond donors (Lipinski definition) is 3. The van der Waals surface area contributed by atoms with E-state index < -0.39 is 0 Å². The van der Waals surface area contributed by atoms with Gasteiger partial charge in [-0.05, 0) is 54.6 Å². The van der Waals surface area contributed by atoms with E-state index in [9.17, 15) is 9.59 Å². The minimum Gasteiger partial charge on any atom is -0.490 e. The van der Waals surface area contributed by atoms with Crippen LogP contribution < -0.4 is 25.4 Å². The highest BCUT2D eigenvalue weighted by atomic mass is 16.5. The van der Waals surface area contributed by atoms with Crippen LogP contribution in [0.2, 0.25) is 0 Å². The van der Waals surface area contributed by atoms with Crippen molar-refractivity contribution in [2.75, 3.05) is 35.7 Å². The molecule has 0 spiro atoms. The molecule has 3 aromatic carbocycles. The number of nitrogens with one attached hydrogen (secondary N) is 3. The molecule has 0 aliphatic heterocycles. The maximum Gasteiger partial charge on any atom is 0.243 e. The van der Waals surface area contributed by atoms with E-state index in [0.29, 0.717) is 24.6 Å². The molecule has 3 aromatic rings. The summed E-state index contributed by atoms with van der Waals surface area (Å²) in [6.45, 7) is 4.64. The Balaban J connectivity index is 1.39. The molecule has 172 valence electrons. The van der Waals surface area contributed by atoms with Crippen LogP contribution >= 0.6 is 0 Å². The first-order valence-corrected chi connectivity index (χ1v) is 10.8. The summed E-state index contributed by atoms with van der Waals surface area (Å²) in [4.78, 5) is 24.1. The normalized spacial score (nSPS) is 10.4. The Morgan fingerprint density at radius 2 is 1.33 bits per heavy atom. The van der Waals surface area contributed by atoms with Crippen LogP contribution in [0.4, 0.5) is 17.1 Å². The molecule has 0 fully saturated rings. The van der Waals surface area contributed by atoms with Gasteiger partial charge in [0.05, 0.1) is 6.54 Å². The van der Waals surface area contributed by atoms with E-state index in [0.717, 1.165) is 17.2 Å². The SMILES string of the molecule is CC(C)C(=O)Nc1cccc(NC(=O)CNc2ccc(OCCOc3ccccc3)cc2)c1. The Hall–Kier alpha value is -4.00. The molecule has 0 radical (unpaired) electrons. The minimum atomic E-state index is -0.194. The average molecular weight is 448 g/mol. The minimum absolute atomic E-state index is 0.0729. The van der Waals surface area contributed by atoms with Crippen LogP contribution in [-0.2, 0) is 9.59 Å². The van der Waals surface area contributed by atoms with Crippen LogP contribution in [0.1, 0.15) is 13.8 Å². The number of carbonyl (C=O) groups excluding carboxylic acids is 2. The third-order valence-corrected chi connectivity index (χ3v) is 4.61. The summed E-state index contributed by atoms with van der Waals surface area (Å²) in [7, 11) is 0. The number of benzene rings is 3. The summed E-state index contributed by atoms with van der Waals surface area (Å²) >= 11 is 0. The molecular formula is C26H29N3O4. The highest BCUT2D eigenvalue weighted by Gasteiger charge is 2.08. The van der Waals surface area contributed by atoms with Gasteiger partial charge < -0.3 is 25.4 Å². The van der Waals surface area contributed by atoms with Crippen LogP contribution in [0.25, 0.3) is 0 Å². The van der Waals surface area contributed by atoms with Crippen LogP contribution in [0, 0.1) is 5.92 Å². The molecule has 3 rings (SSSR count). The van der Waals surface area contributed by atoms with E-state index in [4.69, 9.17) is 9.47 Å². The molecule has 0 unspecified atom stereocenters. The summed E-state index contributed by atoms with van der Waals surface area (Å²) in [6, 6.07) is 24.0. The second-order valence-electron chi connectivity index (χ2n) is 7.66.